The van der Waals surface area contributed by atoms with Crippen LogP contribution in [0.5, 0.6) is 0 Å². The monoisotopic (exact) mass is 483 g/mol. The van der Waals surface area contributed by atoms with Gasteiger partial charge in [-0.2, -0.15) is 0 Å². The Hall–Kier alpha value is -3.57. The summed E-state index contributed by atoms with van der Waals surface area (Å²) < 4.78 is 20.9. The lowest BCUT2D eigenvalue weighted by atomic mass is 10.2. The van der Waals surface area contributed by atoms with Gasteiger partial charge in [0.2, 0.25) is 5.91 Å². The van der Waals surface area contributed by atoms with Gasteiger partial charge in [-0.05, 0) is 31.2 Å². The first-order valence-corrected chi connectivity index (χ1v) is 11.5. The van der Waals surface area contributed by atoms with Crippen LogP contribution in [0.4, 0.5) is 9.52 Å². The van der Waals surface area contributed by atoms with Gasteiger partial charge < -0.3 is 10.1 Å². The number of para-hydroxylation sites is 1. The third-order valence-electron chi connectivity index (χ3n) is 4.51. The number of ether oxygens (including phenoxy) is 1. The fraction of sp³-hybridized carbons (Fsp3) is 0.136. The standard InChI is InChI=1S/C22H18FN5O3S2/c1-13-18(20(30)31-2)33-21(24-13)25-17(29)12-32-22-27-26-19(15-10-6-7-11-16(15)23)28(22)14-8-4-3-5-9-14/h3-11H,12H2,1-2H3,(H,24,25,29). The number of halogens is 1. The minimum absolute atomic E-state index is 0.00836. The minimum atomic E-state index is -0.503. The van der Waals surface area contributed by atoms with E-state index in [4.69, 9.17) is 4.74 Å². The van der Waals surface area contributed by atoms with Crippen molar-refractivity contribution in [3.8, 4) is 17.1 Å². The van der Waals surface area contributed by atoms with Crippen LogP contribution < -0.4 is 5.32 Å². The maximum Gasteiger partial charge on any atom is 0.350 e. The molecule has 0 atom stereocenters. The second-order valence-corrected chi connectivity index (χ2v) is 8.66. The lowest BCUT2D eigenvalue weighted by Gasteiger charge is -2.10. The molecule has 0 unspecified atom stereocenters. The molecule has 0 saturated heterocycles. The zero-order valence-electron chi connectivity index (χ0n) is 17.6. The van der Waals surface area contributed by atoms with Crippen LogP contribution in [-0.4, -0.2) is 44.5 Å². The molecule has 4 rings (SSSR count). The van der Waals surface area contributed by atoms with E-state index in [9.17, 15) is 14.0 Å². The number of benzene rings is 2. The molecule has 0 radical (unpaired) electrons. The molecule has 8 nitrogen and oxygen atoms in total. The molecule has 0 aliphatic carbocycles. The number of carbonyl (C=O) groups is 2. The highest BCUT2D eigenvalue weighted by Crippen LogP contribution is 2.30. The number of thioether (sulfide) groups is 1. The summed E-state index contributed by atoms with van der Waals surface area (Å²) in [5.74, 6) is -0.914. The Morgan fingerprint density at radius 1 is 1.12 bits per heavy atom. The Bertz CT molecular complexity index is 1310. The highest BCUT2D eigenvalue weighted by molar-refractivity contribution is 7.99. The molecule has 2 aromatic heterocycles. The van der Waals surface area contributed by atoms with E-state index in [2.05, 4.69) is 20.5 Å². The van der Waals surface area contributed by atoms with E-state index in [0.717, 1.165) is 28.8 Å². The molecule has 0 spiro atoms. The van der Waals surface area contributed by atoms with Crippen LogP contribution in [0.1, 0.15) is 15.4 Å². The van der Waals surface area contributed by atoms with Crippen molar-refractivity contribution in [2.45, 2.75) is 12.1 Å². The number of nitrogens with zero attached hydrogens (tertiary/aromatic N) is 4. The van der Waals surface area contributed by atoms with E-state index in [1.807, 2.05) is 30.3 Å². The Morgan fingerprint density at radius 3 is 2.58 bits per heavy atom. The van der Waals surface area contributed by atoms with Crippen LogP contribution in [-0.2, 0) is 9.53 Å². The molecular formula is C22H18FN5O3S2. The number of anilines is 1. The molecule has 0 bridgehead atoms. The van der Waals surface area contributed by atoms with Crippen molar-refractivity contribution in [3.63, 3.8) is 0 Å². The van der Waals surface area contributed by atoms with Gasteiger partial charge >= 0.3 is 5.97 Å². The van der Waals surface area contributed by atoms with E-state index >= 15 is 0 Å². The Morgan fingerprint density at radius 2 is 1.85 bits per heavy atom. The fourth-order valence-corrected chi connectivity index (χ4v) is 4.66. The third-order valence-corrected chi connectivity index (χ3v) is 6.49. The topological polar surface area (TPSA) is 99.0 Å². The summed E-state index contributed by atoms with van der Waals surface area (Å²) in [4.78, 5) is 28.8. The number of thiazole rings is 1. The molecule has 0 aliphatic rings. The van der Waals surface area contributed by atoms with Crippen molar-refractivity contribution in [1.82, 2.24) is 19.7 Å². The van der Waals surface area contributed by atoms with Gasteiger partial charge in [0, 0.05) is 5.69 Å². The molecule has 0 aliphatic heterocycles. The number of rotatable bonds is 7. The van der Waals surface area contributed by atoms with Crippen LogP contribution in [0, 0.1) is 12.7 Å². The highest BCUT2D eigenvalue weighted by Gasteiger charge is 2.20. The second kappa shape index (κ2) is 9.92. The fourth-order valence-electron chi connectivity index (χ4n) is 3.01. The molecule has 2 heterocycles. The van der Waals surface area contributed by atoms with Crippen LogP contribution in [0.3, 0.4) is 0 Å². The molecule has 1 N–H and O–H groups in total. The average molecular weight is 484 g/mol. The van der Waals surface area contributed by atoms with Crippen LogP contribution >= 0.6 is 23.1 Å². The number of esters is 1. The molecule has 33 heavy (non-hydrogen) atoms. The Kier molecular flexibility index (Phi) is 6.80. The quantitative estimate of drug-likeness (QED) is 0.308. The van der Waals surface area contributed by atoms with Gasteiger partial charge in [0.25, 0.3) is 0 Å². The second-order valence-electron chi connectivity index (χ2n) is 6.72. The maximum atomic E-state index is 14.5. The number of amides is 1. The van der Waals surface area contributed by atoms with Gasteiger partial charge in [-0.15, -0.1) is 10.2 Å². The van der Waals surface area contributed by atoms with E-state index < -0.39 is 11.8 Å². The third kappa shape index (κ3) is 4.94. The van der Waals surface area contributed by atoms with Gasteiger partial charge in [0.1, 0.15) is 10.7 Å². The van der Waals surface area contributed by atoms with Crippen molar-refractivity contribution in [1.29, 1.82) is 0 Å². The maximum absolute atomic E-state index is 14.5. The zero-order chi connectivity index (χ0) is 23.4. The van der Waals surface area contributed by atoms with Crippen molar-refractivity contribution in [3.05, 3.63) is 71.0 Å². The molecule has 0 saturated carbocycles. The van der Waals surface area contributed by atoms with Gasteiger partial charge in [-0.25, -0.2) is 14.2 Å². The first-order valence-electron chi connectivity index (χ1n) is 9.72. The summed E-state index contributed by atoms with van der Waals surface area (Å²) in [5.41, 5.74) is 1.52. The Labute approximate surface area is 196 Å². The largest absolute Gasteiger partial charge is 0.465 e. The number of nitrogens with one attached hydrogen (secondary N) is 1. The lowest BCUT2D eigenvalue weighted by molar-refractivity contribution is -0.113. The van der Waals surface area contributed by atoms with Gasteiger partial charge in [-0.1, -0.05) is 53.4 Å². The van der Waals surface area contributed by atoms with Crippen molar-refractivity contribution in [2.24, 2.45) is 0 Å². The zero-order valence-corrected chi connectivity index (χ0v) is 19.2. The molecule has 1 amide bonds. The average Bonchev–Trinajstić information content (AvgIpc) is 3.41. The first kappa shape index (κ1) is 22.6. The predicted molar refractivity (Wildman–Crippen MR) is 124 cm³/mol. The van der Waals surface area contributed by atoms with E-state index in [0.29, 0.717) is 32.2 Å². The van der Waals surface area contributed by atoms with Crippen LogP contribution in [0.15, 0.2) is 59.8 Å². The summed E-state index contributed by atoms with van der Waals surface area (Å²) in [5, 5.41) is 11.8. The Balaban J connectivity index is 1.56. The number of methoxy groups -OCH3 is 1. The molecule has 2 aromatic carbocycles. The van der Waals surface area contributed by atoms with Crippen molar-refractivity contribution >= 4 is 40.1 Å². The summed E-state index contributed by atoms with van der Waals surface area (Å²) in [6, 6.07) is 15.6. The number of aromatic nitrogens is 4. The van der Waals surface area contributed by atoms with Crippen LogP contribution in [0.25, 0.3) is 17.1 Å². The molecule has 4 aromatic rings. The van der Waals surface area contributed by atoms with Crippen molar-refractivity contribution < 1.29 is 18.7 Å². The molecule has 0 fully saturated rings. The van der Waals surface area contributed by atoms with Gasteiger partial charge in [0.15, 0.2) is 16.1 Å². The SMILES string of the molecule is COC(=O)c1sc(NC(=O)CSc2nnc(-c3ccccc3F)n2-c2ccccc2)nc1C. The predicted octanol–water partition coefficient (Wildman–Crippen LogP) is 4.36. The van der Waals surface area contributed by atoms with Gasteiger partial charge in [-0.3, -0.25) is 9.36 Å². The summed E-state index contributed by atoms with van der Waals surface area (Å²) in [7, 11) is 1.29. The van der Waals surface area contributed by atoms with E-state index in [1.165, 1.54) is 13.2 Å². The normalized spacial score (nSPS) is 10.8. The number of hydrogen-bond donors (Lipinski definition) is 1. The number of aryl methyl sites for hydroxylation is 1. The molecular weight excluding hydrogens is 465 g/mol. The van der Waals surface area contributed by atoms with E-state index in [1.54, 1.807) is 29.7 Å². The lowest BCUT2D eigenvalue weighted by Crippen LogP contribution is -2.14. The first-order chi connectivity index (χ1) is 16.0. The summed E-state index contributed by atoms with van der Waals surface area (Å²) in [6.45, 7) is 1.67. The highest BCUT2D eigenvalue weighted by atomic mass is 32.2. The summed E-state index contributed by atoms with van der Waals surface area (Å²) >= 11 is 2.20. The summed E-state index contributed by atoms with van der Waals surface area (Å²) in [6.07, 6.45) is 0. The minimum Gasteiger partial charge on any atom is -0.465 e. The van der Waals surface area contributed by atoms with Crippen LogP contribution in [0.2, 0.25) is 0 Å². The number of carbonyl (C=O) groups excluding carboxylic acids is 2. The van der Waals surface area contributed by atoms with Gasteiger partial charge in [0.05, 0.1) is 24.1 Å². The molecule has 168 valence electrons. The number of hydrogen-bond acceptors (Lipinski definition) is 8. The van der Waals surface area contributed by atoms with Crippen molar-refractivity contribution in [2.75, 3.05) is 18.2 Å². The smallest absolute Gasteiger partial charge is 0.350 e. The van der Waals surface area contributed by atoms with E-state index in [-0.39, 0.29) is 11.7 Å². The molecule has 11 heteroatoms.